The number of fused-ring (bicyclic) bond motifs is 4. The Morgan fingerprint density at radius 2 is 2.12 bits per heavy atom. The van der Waals surface area contributed by atoms with Crippen LogP contribution in [0.25, 0.3) is 21.1 Å². The summed E-state index contributed by atoms with van der Waals surface area (Å²) in [5.74, 6) is 0. The molecular formula is C19H16ClN3S. The molecule has 0 radical (unpaired) electrons. The molecule has 3 nitrogen and oxygen atoms in total. The van der Waals surface area contributed by atoms with Gasteiger partial charge in [-0.1, -0.05) is 29.0 Å². The minimum absolute atomic E-state index is 0.799. The number of rotatable bonds is 1. The van der Waals surface area contributed by atoms with E-state index in [1.807, 2.05) is 6.07 Å². The van der Waals surface area contributed by atoms with Crippen molar-refractivity contribution in [1.29, 1.82) is 0 Å². The van der Waals surface area contributed by atoms with Gasteiger partial charge in [0.15, 0.2) is 5.13 Å². The van der Waals surface area contributed by atoms with Crippen molar-refractivity contribution >= 4 is 49.2 Å². The molecule has 120 valence electrons. The molecule has 0 saturated carbocycles. The van der Waals surface area contributed by atoms with Crippen molar-refractivity contribution in [1.82, 2.24) is 9.97 Å². The van der Waals surface area contributed by atoms with Gasteiger partial charge in [-0.25, -0.2) is 4.98 Å². The Labute approximate surface area is 148 Å². The van der Waals surface area contributed by atoms with Crippen LogP contribution in [-0.2, 0) is 13.0 Å². The molecule has 2 aromatic heterocycles. The van der Waals surface area contributed by atoms with Crippen LogP contribution < -0.4 is 4.90 Å². The Hall–Kier alpha value is -2.04. The highest BCUT2D eigenvalue weighted by molar-refractivity contribution is 7.22. The zero-order valence-electron chi connectivity index (χ0n) is 13.3. The van der Waals surface area contributed by atoms with Crippen molar-refractivity contribution in [2.24, 2.45) is 0 Å². The van der Waals surface area contributed by atoms with Gasteiger partial charge in [-0.2, -0.15) is 0 Å². The predicted molar refractivity (Wildman–Crippen MR) is 102 cm³/mol. The first-order chi connectivity index (χ1) is 11.7. The van der Waals surface area contributed by atoms with Crippen LogP contribution in [0.1, 0.15) is 16.8 Å². The molecule has 0 amide bonds. The lowest BCUT2D eigenvalue weighted by Gasteiger charge is -2.26. The van der Waals surface area contributed by atoms with Gasteiger partial charge in [-0.15, -0.1) is 0 Å². The second kappa shape index (κ2) is 5.23. The average Bonchev–Trinajstić information content (AvgIpc) is 3.14. The standard InChI is InChI=1S/C19H16ClN3S/c1-11-2-4-16-18(8-11)24-19(22-16)23-7-6-13-14-9-12(20)3-5-15(14)21-17(13)10-23/h2-5,8-9,21H,6-7,10H2,1H3. The minimum Gasteiger partial charge on any atom is -0.357 e. The van der Waals surface area contributed by atoms with Gasteiger partial charge in [-0.3, -0.25) is 0 Å². The Kier molecular flexibility index (Phi) is 3.12. The van der Waals surface area contributed by atoms with Gasteiger partial charge in [-0.05, 0) is 54.8 Å². The summed E-state index contributed by atoms with van der Waals surface area (Å²) in [5, 5.41) is 3.17. The SMILES string of the molecule is Cc1ccc2nc(N3CCc4c([nH]c5ccc(Cl)cc45)C3)sc2c1. The molecule has 2 aromatic carbocycles. The van der Waals surface area contributed by atoms with E-state index in [0.717, 1.165) is 35.2 Å². The van der Waals surface area contributed by atoms with E-state index in [1.54, 1.807) is 11.3 Å². The molecule has 5 heteroatoms. The van der Waals surface area contributed by atoms with Crippen LogP contribution >= 0.6 is 22.9 Å². The summed E-state index contributed by atoms with van der Waals surface area (Å²) in [5.41, 5.74) is 6.24. The van der Waals surface area contributed by atoms with E-state index in [2.05, 4.69) is 47.1 Å². The second-order valence-electron chi connectivity index (χ2n) is 6.41. The van der Waals surface area contributed by atoms with Crippen LogP contribution in [0.15, 0.2) is 36.4 Å². The van der Waals surface area contributed by atoms with E-state index in [9.17, 15) is 0 Å². The van der Waals surface area contributed by atoms with Crippen molar-refractivity contribution in [2.45, 2.75) is 19.9 Å². The monoisotopic (exact) mass is 353 g/mol. The Morgan fingerprint density at radius 3 is 3.04 bits per heavy atom. The molecule has 0 aliphatic carbocycles. The lowest BCUT2D eigenvalue weighted by atomic mass is 10.0. The van der Waals surface area contributed by atoms with Crippen molar-refractivity contribution in [3.05, 3.63) is 58.2 Å². The Morgan fingerprint density at radius 1 is 1.21 bits per heavy atom. The van der Waals surface area contributed by atoms with Gasteiger partial charge in [0.05, 0.1) is 16.8 Å². The highest BCUT2D eigenvalue weighted by Crippen LogP contribution is 2.35. The Bertz CT molecular complexity index is 1080. The summed E-state index contributed by atoms with van der Waals surface area (Å²) >= 11 is 7.95. The number of H-pyrrole nitrogens is 1. The first-order valence-corrected chi connectivity index (χ1v) is 9.28. The number of hydrogen-bond acceptors (Lipinski definition) is 3. The molecule has 0 unspecified atom stereocenters. The fourth-order valence-electron chi connectivity index (χ4n) is 3.53. The maximum atomic E-state index is 6.17. The van der Waals surface area contributed by atoms with Crippen LogP contribution in [0, 0.1) is 6.92 Å². The number of hydrogen-bond donors (Lipinski definition) is 1. The number of benzene rings is 2. The van der Waals surface area contributed by atoms with Crippen molar-refractivity contribution < 1.29 is 0 Å². The molecule has 5 rings (SSSR count). The topological polar surface area (TPSA) is 31.9 Å². The van der Waals surface area contributed by atoms with Gasteiger partial charge in [0, 0.05) is 28.2 Å². The number of nitrogens with zero attached hydrogens (tertiary/aromatic N) is 2. The van der Waals surface area contributed by atoms with Crippen LogP contribution in [0.5, 0.6) is 0 Å². The molecule has 1 aliphatic heterocycles. The van der Waals surface area contributed by atoms with E-state index < -0.39 is 0 Å². The molecule has 0 fully saturated rings. The molecule has 0 spiro atoms. The zero-order chi connectivity index (χ0) is 16.3. The maximum absolute atomic E-state index is 6.17. The van der Waals surface area contributed by atoms with Gasteiger partial charge in [0.1, 0.15) is 0 Å². The van der Waals surface area contributed by atoms with Crippen LogP contribution in [0.2, 0.25) is 5.02 Å². The molecule has 1 aliphatic rings. The average molecular weight is 354 g/mol. The minimum atomic E-state index is 0.799. The first kappa shape index (κ1) is 14.3. The molecule has 24 heavy (non-hydrogen) atoms. The molecule has 4 aromatic rings. The van der Waals surface area contributed by atoms with Gasteiger partial charge in [0.25, 0.3) is 0 Å². The van der Waals surface area contributed by atoms with Crippen LogP contribution in [-0.4, -0.2) is 16.5 Å². The van der Waals surface area contributed by atoms with Crippen LogP contribution in [0.4, 0.5) is 5.13 Å². The summed E-state index contributed by atoms with van der Waals surface area (Å²) in [7, 11) is 0. The fraction of sp³-hybridized carbons (Fsp3) is 0.211. The van der Waals surface area contributed by atoms with Gasteiger partial charge < -0.3 is 9.88 Å². The number of aryl methyl sites for hydroxylation is 1. The summed E-state index contributed by atoms with van der Waals surface area (Å²) in [6.07, 6.45) is 1.02. The van der Waals surface area contributed by atoms with Crippen molar-refractivity contribution in [2.75, 3.05) is 11.4 Å². The molecular weight excluding hydrogens is 338 g/mol. The Balaban J connectivity index is 1.54. The summed E-state index contributed by atoms with van der Waals surface area (Å²) in [4.78, 5) is 10.8. The third-order valence-electron chi connectivity index (χ3n) is 4.74. The first-order valence-electron chi connectivity index (χ1n) is 8.08. The van der Waals surface area contributed by atoms with Gasteiger partial charge >= 0.3 is 0 Å². The molecule has 1 N–H and O–H groups in total. The number of thiazole rings is 1. The van der Waals surface area contributed by atoms with Crippen molar-refractivity contribution in [3.8, 4) is 0 Å². The maximum Gasteiger partial charge on any atom is 0.186 e. The second-order valence-corrected chi connectivity index (χ2v) is 7.86. The lowest BCUT2D eigenvalue weighted by Crippen LogP contribution is -2.29. The summed E-state index contributed by atoms with van der Waals surface area (Å²) in [6.45, 7) is 3.99. The summed E-state index contributed by atoms with van der Waals surface area (Å²) in [6, 6.07) is 12.5. The molecule has 0 saturated heterocycles. The number of aromatic amines is 1. The normalized spacial score (nSPS) is 14.5. The van der Waals surface area contributed by atoms with E-state index in [4.69, 9.17) is 16.6 Å². The number of anilines is 1. The van der Waals surface area contributed by atoms with E-state index in [1.165, 1.54) is 32.4 Å². The molecule has 0 atom stereocenters. The molecule has 3 heterocycles. The van der Waals surface area contributed by atoms with E-state index in [-0.39, 0.29) is 0 Å². The fourth-order valence-corrected chi connectivity index (χ4v) is 4.79. The largest absolute Gasteiger partial charge is 0.357 e. The van der Waals surface area contributed by atoms with Crippen LogP contribution in [0.3, 0.4) is 0 Å². The zero-order valence-corrected chi connectivity index (χ0v) is 14.8. The third kappa shape index (κ3) is 2.21. The molecule has 0 bridgehead atoms. The summed E-state index contributed by atoms with van der Waals surface area (Å²) < 4.78 is 1.26. The number of halogens is 1. The quantitative estimate of drug-likeness (QED) is 0.503. The lowest BCUT2D eigenvalue weighted by molar-refractivity contribution is 0.722. The highest BCUT2D eigenvalue weighted by atomic mass is 35.5. The van der Waals surface area contributed by atoms with E-state index in [0.29, 0.717) is 0 Å². The number of nitrogens with one attached hydrogen (secondary N) is 1. The van der Waals surface area contributed by atoms with Gasteiger partial charge in [0.2, 0.25) is 0 Å². The smallest absolute Gasteiger partial charge is 0.186 e. The number of aromatic nitrogens is 2. The van der Waals surface area contributed by atoms with E-state index >= 15 is 0 Å². The predicted octanol–water partition coefficient (Wildman–Crippen LogP) is 5.30. The third-order valence-corrected chi connectivity index (χ3v) is 6.05. The van der Waals surface area contributed by atoms with Crippen molar-refractivity contribution in [3.63, 3.8) is 0 Å². The highest BCUT2D eigenvalue weighted by Gasteiger charge is 2.23.